The van der Waals surface area contributed by atoms with Gasteiger partial charge in [0.05, 0.1) is 6.04 Å². The van der Waals surface area contributed by atoms with Crippen LogP contribution in [-0.2, 0) is 19.8 Å². The minimum Gasteiger partial charge on any atom is -1.00 e. The summed E-state index contributed by atoms with van der Waals surface area (Å²) in [7, 11) is 2.21. The van der Waals surface area contributed by atoms with Crippen LogP contribution in [0.2, 0.25) is 0 Å². The molecule has 1 fully saturated rings. The summed E-state index contributed by atoms with van der Waals surface area (Å²) in [6.45, 7) is 3.23. The molecule has 1 heterocycles. The van der Waals surface area contributed by atoms with Gasteiger partial charge < -0.3 is 25.7 Å². The highest BCUT2D eigenvalue weighted by Gasteiger charge is 2.40. The second-order valence-corrected chi connectivity index (χ2v) is 9.90. The lowest BCUT2D eigenvalue weighted by Crippen LogP contribution is -3.00. The third kappa shape index (κ3) is 4.67. The number of rotatable bonds is 7. The van der Waals surface area contributed by atoms with Gasteiger partial charge in [-0.1, -0.05) is 30.7 Å². The largest absolute Gasteiger partial charge is 1.00 e. The molecule has 1 aliphatic carbocycles. The Hall–Kier alpha value is -0.923. The van der Waals surface area contributed by atoms with Crippen molar-refractivity contribution in [1.29, 1.82) is 0 Å². The molecule has 0 amide bonds. The highest BCUT2D eigenvalue weighted by Crippen LogP contribution is 2.21. The van der Waals surface area contributed by atoms with Gasteiger partial charge in [0.25, 0.3) is 0 Å². The van der Waals surface area contributed by atoms with Crippen molar-refractivity contribution in [2.75, 3.05) is 34.4 Å². The van der Waals surface area contributed by atoms with Gasteiger partial charge in [-0.2, -0.15) is 0 Å². The average molecular weight is 399 g/mol. The van der Waals surface area contributed by atoms with E-state index in [0.29, 0.717) is 0 Å². The zero-order chi connectivity index (χ0) is 17.7. The van der Waals surface area contributed by atoms with Crippen LogP contribution in [0.15, 0.2) is 24.3 Å². The normalized spacial score (nSPS) is 18.6. The highest BCUT2D eigenvalue weighted by atomic mass is 35.5. The van der Waals surface area contributed by atoms with Crippen LogP contribution in [0.1, 0.15) is 37.7 Å². The molecule has 0 saturated heterocycles. The van der Waals surface area contributed by atoms with Gasteiger partial charge in [0.1, 0.15) is 19.6 Å². The van der Waals surface area contributed by atoms with Crippen LogP contribution in [0.25, 0.3) is 0 Å². The molecule has 146 valence electrons. The van der Waals surface area contributed by atoms with Crippen molar-refractivity contribution in [3.8, 4) is 0 Å². The van der Waals surface area contributed by atoms with E-state index in [4.69, 9.17) is 13.3 Å². The van der Waals surface area contributed by atoms with E-state index in [2.05, 4.69) is 40.1 Å². The second kappa shape index (κ2) is 9.85. The summed E-state index contributed by atoms with van der Waals surface area (Å²) in [6, 6.07) is 9.23. The quantitative estimate of drug-likeness (QED) is 0.434. The Bertz CT molecular complexity index is 579. The zero-order valence-electron chi connectivity index (χ0n) is 16.1. The average Bonchev–Trinajstić information content (AvgIpc) is 3.14. The summed E-state index contributed by atoms with van der Waals surface area (Å²) in [6.07, 6.45) is 9.26. The summed E-state index contributed by atoms with van der Waals surface area (Å²) in [4.78, 5) is 2.43. The molecule has 0 spiro atoms. The summed E-state index contributed by atoms with van der Waals surface area (Å²) in [5, 5.41) is 0.998. The third-order valence-corrected chi connectivity index (χ3v) is 8.15. The second-order valence-electron chi connectivity index (χ2n) is 6.98. The number of benzene rings is 1. The Balaban J connectivity index is 0.00000243. The summed E-state index contributed by atoms with van der Waals surface area (Å²) < 4.78 is 19.2. The summed E-state index contributed by atoms with van der Waals surface area (Å²) in [5.41, 5.74) is 1.30. The first kappa shape index (κ1) is 21.4. The fraction of sp³-hybridized carbons (Fsp3) is 0.632. The lowest BCUT2D eigenvalue weighted by Gasteiger charge is -2.24. The van der Waals surface area contributed by atoms with Crippen LogP contribution in [0.4, 0.5) is 0 Å². The fourth-order valence-electron chi connectivity index (χ4n) is 4.03. The van der Waals surface area contributed by atoms with Crippen molar-refractivity contribution in [2.45, 2.75) is 44.7 Å². The number of hydrogen-bond acceptors (Lipinski definition) is 4. The Labute approximate surface area is 164 Å². The Kier molecular flexibility index (Phi) is 8.10. The van der Waals surface area contributed by atoms with E-state index in [1.54, 1.807) is 21.3 Å². The van der Waals surface area contributed by atoms with Gasteiger partial charge in [0.2, 0.25) is 6.34 Å². The predicted molar refractivity (Wildman–Crippen MR) is 101 cm³/mol. The Morgan fingerprint density at radius 3 is 2.19 bits per heavy atom. The molecule has 0 unspecified atom stereocenters. The van der Waals surface area contributed by atoms with Crippen LogP contribution in [-0.4, -0.2) is 65.1 Å². The third-order valence-electron chi connectivity index (χ3n) is 5.50. The molecule has 1 aromatic carbocycles. The van der Waals surface area contributed by atoms with E-state index in [9.17, 15) is 0 Å². The first-order valence-corrected chi connectivity index (χ1v) is 11.0. The molecule has 1 aromatic rings. The maximum Gasteiger partial charge on any atom is 0.536 e. The van der Waals surface area contributed by atoms with E-state index in [1.807, 2.05) is 0 Å². The number of hydrogen-bond donors (Lipinski definition) is 0. The van der Waals surface area contributed by atoms with Crippen LogP contribution < -0.4 is 17.6 Å². The maximum absolute atomic E-state index is 5.55. The van der Waals surface area contributed by atoms with Gasteiger partial charge in [-0.25, -0.2) is 0 Å². The van der Waals surface area contributed by atoms with Crippen LogP contribution in [0.3, 0.4) is 0 Å². The minimum atomic E-state index is -2.72. The predicted octanol–water partition coefficient (Wildman–Crippen LogP) is -1.04. The number of halogens is 1. The van der Waals surface area contributed by atoms with E-state index in [0.717, 1.165) is 30.9 Å². The van der Waals surface area contributed by atoms with Crippen molar-refractivity contribution in [2.24, 2.45) is 0 Å². The Morgan fingerprint density at radius 1 is 1.00 bits per heavy atom. The molecule has 1 aliphatic heterocycles. The molecule has 5 nitrogen and oxygen atoms in total. The van der Waals surface area contributed by atoms with E-state index >= 15 is 0 Å². The van der Waals surface area contributed by atoms with Gasteiger partial charge in [-0.15, -0.1) is 0 Å². The van der Waals surface area contributed by atoms with E-state index < -0.39 is 8.80 Å². The van der Waals surface area contributed by atoms with Crippen LogP contribution >= 0.6 is 0 Å². The molecule has 2 aliphatic rings. The van der Waals surface area contributed by atoms with Gasteiger partial charge >= 0.3 is 8.80 Å². The first-order chi connectivity index (χ1) is 12.2. The molecular formula is C19H31ClN2O3Si. The topological polar surface area (TPSA) is 33.9 Å². The molecule has 0 aromatic heterocycles. The lowest BCUT2D eigenvalue weighted by molar-refractivity contribution is -0.557. The fourth-order valence-corrected chi connectivity index (χ4v) is 5.81. The molecule has 0 radical (unpaired) electrons. The zero-order valence-corrected chi connectivity index (χ0v) is 17.9. The van der Waals surface area contributed by atoms with E-state index in [1.165, 1.54) is 37.7 Å². The Morgan fingerprint density at radius 2 is 1.62 bits per heavy atom. The molecule has 26 heavy (non-hydrogen) atoms. The van der Waals surface area contributed by atoms with Crippen LogP contribution in [0.5, 0.6) is 0 Å². The van der Waals surface area contributed by atoms with Crippen molar-refractivity contribution in [1.82, 2.24) is 4.90 Å². The monoisotopic (exact) mass is 398 g/mol. The van der Waals surface area contributed by atoms with Crippen molar-refractivity contribution >= 4 is 20.3 Å². The van der Waals surface area contributed by atoms with Gasteiger partial charge in [-0.05, 0) is 31.2 Å². The minimum absolute atomic E-state index is 0. The molecule has 1 saturated carbocycles. The van der Waals surface area contributed by atoms with Crippen molar-refractivity contribution in [3.63, 3.8) is 0 Å². The molecule has 0 bridgehead atoms. The van der Waals surface area contributed by atoms with Gasteiger partial charge in [0.15, 0.2) is 0 Å². The SMILES string of the molecule is CO[Si](OC)(OC)c1ccc(CN2C=[N+](C3CCCCC3)CC2)cc1.[Cl-]. The van der Waals surface area contributed by atoms with E-state index in [-0.39, 0.29) is 12.4 Å². The first-order valence-electron chi connectivity index (χ1n) is 9.30. The van der Waals surface area contributed by atoms with Crippen LogP contribution in [0, 0.1) is 0 Å². The maximum atomic E-state index is 5.55. The van der Waals surface area contributed by atoms with Gasteiger partial charge in [0, 0.05) is 26.5 Å². The molecule has 0 N–H and O–H groups in total. The number of nitrogens with zero attached hydrogens (tertiary/aromatic N) is 2. The smallest absolute Gasteiger partial charge is 0.536 e. The molecular weight excluding hydrogens is 368 g/mol. The van der Waals surface area contributed by atoms with Crippen molar-refractivity contribution < 1.29 is 30.3 Å². The molecule has 3 rings (SSSR count). The summed E-state index contributed by atoms with van der Waals surface area (Å²) in [5.74, 6) is 0. The lowest BCUT2D eigenvalue weighted by atomic mass is 9.95. The van der Waals surface area contributed by atoms with Crippen molar-refractivity contribution in [3.05, 3.63) is 29.8 Å². The highest BCUT2D eigenvalue weighted by molar-refractivity contribution is 6.75. The summed E-state index contributed by atoms with van der Waals surface area (Å²) >= 11 is 0. The van der Waals surface area contributed by atoms with Gasteiger partial charge in [-0.3, -0.25) is 9.48 Å². The standard InChI is InChI=1S/C19H31N2O3Si.ClH/c1-22-25(23-2,24-3)19-11-9-17(10-12-19)15-20-13-14-21(16-20)18-7-5-4-6-8-18;/h9-12,16,18H,4-8,13-15H2,1-3H3;1H/q+1;/p-1. The molecule has 0 atom stereocenters. The molecule has 7 heteroatoms.